The third kappa shape index (κ3) is 3.56. The van der Waals surface area contributed by atoms with Gasteiger partial charge in [-0.1, -0.05) is 25.1 Å². The van der Waals surface area contributed by atoms with Crippen molar-refractivity contribution in [3.63, 3.8) is 0 Å². The number of hydrogen-bond donors (Lipinski definition) is 0. The summed E-state index contributed by atoms with van der Waals surface area (Å²) < 4.78 is 0. The second-order valence-corrected chi connectivity index (χ2v) is 7.81. The summed E-state index contributed by atoms with van der Waals surface area (Å²) in [5.74, 6) is 0.329. The highest BCUT2D eigenvalue weighted by molar-refractivity contribution is 6.35. The van der Waals surface area contributed by atoms with Gasteiger partial charge in [-0.2, -0.15) is 0 Å². The normalized spacial score (nSPS) is 17.4. The third-order valence-corrected chi connectivity index (χ3v) is 5.82. The van der Waals surface area contributed by atoms with Gasteiger partial charge in [0.25, 0.3) is 11.8 Å². The Bertz CT molecular complexity index is 994. The van der Waals surface area contributed by atoms with E-state index in [-0.39, 0.29) is 11.8 Å². The Balaban J connectivity index is 1.66. The molecule has 2 aliphatic heterocycles. The number of rotatable bonds is 5. The van der Waals surface area contributed by atoms with Crippen molar-refractivity contribution >= 4 is 23.3 Å². The number of benzene rings is 1. The molecule has 7 heteroatoms. The molecule has 0 saturated carbocycles. The number of nitrogens with zero attached hydrogens (tertiary/aromatic N) is 5. The third-order valence-electron chi connectivity index (χ3n) is 5.82. The van der Waals surface area contributed by atoms with Crippen LogP contribution in [-0.4, -0.2) is 64.3 Å². The summed E-state index contributed by atoms with van der Waals surface area (Å²) >= 11 is 0. The van der Waals surface area contributed by atoms with E-state index in [9.17, 15) is 9.59 Å². The summed E-state index contributed by atoms with van der Waals surface area (Å²) in [6, 6.07) is 7.78. The number of aryl methyl sites for hydroxylation is 2. The molecule has 1 saturated heterocycles. The number of anilines is 1. The van der Waals surface area contributed by atoms with Gasteiger partial charge >= 0.3 is 0 Å². The lowest BCUT2D eigenvalue weighted by atomic mass is 9.99. The molecule has 0 bridgehead atoms. The number of piperazine rings is 1. The van der Waals surface area contributed by atoms with Crippen LogP contribution in [0.4, 0.5) is 5.95 Å². The van der Waals surface area contributed by atoms with Crippen molar-refractivity contribution in [1.29, 1.82) is 0 Å². The van der Waals surface area contributed by atoms with Gasteiger partial charge in [-0.25, -0.2) is 9.97 Å². The van der Waals surface area contributed by atoms with E-state index in [0.29, 0.717) is 49.9 Å². The summed E-state index contributed by atoms with van der Waals surface area (Å²) in [6.07, 6.45) is 4.21. The molecule has 2 aliphatic rings. The predicted octanol–water partition coefficient (Wildman–Crippen LogP) is 2.41. The minimum absolute atomic E-state index is 0.181. The molecule has 0 spiro atoms. The van der Waals surface area contributed by atoms with Gasteiger partial charge in [0, 0.05) is 45.1 Å². The van der Waals surface area contributed by atoms with Gasteiger partial charge in [0.15, 0.2) is 0 Å². The number of imide groups is 1. The van der Waals surface area contributed by atoms with Crippen molar-refractivity contribution in [3.05, 3.63) is 59.0 Å². The van der Waals surface area contributed by atoms with Crippen molar-refractivity contribution < 1.29 is 9.59 Å². The number of carbonyl (C=O) groups excluding carboxylic acids is 2. The van der Waals surface area contributed by atoms with Crippen LogP contribution >= 0.6 is 0 Å². The van der Waals surface area contributed by atoms with Crippen LogP contribution in [-0.2, 0) is 9.59 Å². The first kappa shape index (κ1) is 20.1. The van der Waals surface area contributed by atoms with Crippen LogP contribution in [0.25, 0.3) is 5.57 Å². The largest absolute Gasteiger partial charge is 0.363 e. The fraction of sp³-hybridized carbons (Fsp3) is 0.391. The van der Waals surface area contributed by atoms with Crippen molar-refractivity contribution in [2.75, 3.05) is 37.6 Å². The first-order chi connectivity index (χ1) is 14.5. The number of carbonyl (C=O) groups is 2. The monoisotopic (exact) mass is 405 g/mol. The topological polar surface area (TPSA) is 69.6 Å². The molecule has 1 aromatic heterocycles. The fourth-order valence-corrected chi connectivity index (χ4v) is 4.03. The molecule has 0 aliphatic carbocycles. The van der Waals surface area contributed by atoms with Crippen LogP contribution in [0, 0.1) is 13.8 Å². The Morgan fingerprint density at radius 2 is 1.57 bits per heavy atom. The summed E-state index contributed by atoms with van der Waals surface area (Å²) in [7, 11) is 0. The maximum absolute atomic E-state index is 13.3. The van der Waals surface area contributed by atoms with Gasteiger partial charge in [-0.15, -0.1) is 0 Å². The second-order valence-electron chi connectivity index (χ2n) is 7.81. The molecule has 0 N–H and O–H groups in total. The summed E-state index contributed by atoms with van der Waals surface area (Å²) in [5, 5.41) is 0. The standard InChI is InChI=1S/C23H27N5O2/c1-4-10-28-21(29)19(18-7-6-16(2)17(3)15-18)20(22(28)30)26-11-13-27(14-12-26)23-24-8-5-9-25-23/h5-9,15H,4,10-14H2,1-3H3. The Morgan fingerprint density at radius 1 is 0.900 bits per heavy atom. The molecule has 0 atom stereocenters. The zero-order chi connectivity index (χ0) is 21.3. The minimum atomic E-state index is -0.186. The van der Waals surface area contributed by atoms with Crippen molar-refractivity contribution in [1.82, 2.24) is 19.8 Å². The molecule has 3 heterocycles. The molecule has 2 aromatic rings. The van der Waals surface area contributed by atoms with Crippen LogP contribution in [0.1, 0.15) is 30.0 Å². The molecule has 2 amide bonds. The van der Waals surface area contributed by atoms with Gasteiger partial charge in [-0.05, 0) is 43.0 Å². The smallest absolute Gasteiger partial charge is 0.277 e. The van der Waals surface area contributed by atoms with E-state index < -0.39 is 0 Å². The Kier molecular flexibility index (Phi) is 5.53. The van der Waals surface area contributed by atoms with E-state index >= 15 is 0 Å². The quantitative estimate of drug-likeness (QED) is 0.712. The van der Waals surface area contributed by atoms with E-state index in [1.807, 2.05) is 39.0 Å². The molecule has 30 heavy (non-hydrogen) atoms. The second kappa shape index (κ2) is 8.26. The molecular weight excluding hydrogens is 378 g/mol. The van der Waals surface area contributed by atoms with Crippen molar-refractivity contribution in [3.8, 4) is 0 Å². The molecule has 156 valence electrons. The average Bonchev–Trinajstić information content (AvgIpc) is 3.01. The molecule has 0 unspecified atom stereocenters. The van der Waals surface area contributed by atoms with Crippen LogP contribution in [0.15, 0.2) is 42.4 Å². The molecule has 1 aromatic carbocycles. The highest BCUT2D eigenvalue weighted by Gasteiger charge is 2.41. The zero-order valence-electron chi connectivity index (χ0n) is 17.8. The lowest BCUT2D eigenvalue weighted by Crippen LogP contribution is -2.48. The van der Waals surface area contributed by atoms with E-state index in [4.69, 9.17) is 0 Å². The number of amides is 2. The Hall–Kier alpha value is -3.22. The van der Waals surface area contributed by atoms with Crippen molar-refractivity contribution in [2.45, 2.75) is 27.2 Å². The van der Waals surface area contributed by atoms with Crippen LogP contribution < -0.4 is 4.90 Å². The van der Waals surface area contributed by atoms with E-state index in [2.05, 4.69) is 19.8 Å². The molecular formula is C23H27N5O2. The average molecular weight is 406 g/mol. The molecule has 4 rings (SSSR count). The molecule has 7 nitrogen and oxygen atoms in total. The van der Waals surface area contributed by atoms with Gasteiger partial charge in [-0.3, -0.25) is 14.5 Å². The maximum atomic E-state index is 13.3. The van der Waals surface area contributed by atoms with Crippen molar-refractivity contribution in [2.24, 2.45) is 0 Å². The first-order valence-electron chi connectivity index (χ1n) is 10.5. The summed E-state index contributed by atoms with van der Waals surface area (Å²) in [4.78, 5) is 40.7. The lowest BCUT2D eigenvalue weighted by molar-refractivity contribution is -0.137. The van der Waals surface area contributed by atoms with Gasteiger partial charge in [0.2, 0.25) is 5.95 Å². The molecule has 1 fully saturated rings. The maximum Gasteiger partial charge on any atom is 0.277 e. The van der Waals surface area contributed by atoms with Gasteiger partial charge in [0.1, 0.15) is 5.70 Å². The first-order valence-corrected chi connectivity index (χ1v) is 10.5. The number of hydrogen-bond acceptors (Lipinski definition) is 6. The van der Waals surface area contributed by atoms with Gasteiger partial charge in [0.05, 0.1) is 5.57 Å². The van der Waals surface area contributed by atoms with E-state index in [0.717, 1.165) is 17.5 Å². The summed E-state index contributed by atoms with van der Waals surface area (Å²) in [5.41, 5.74) is 4.16. The van der Waals surface area contributed by atoms with Crippen LogP contribution in [0.2, 0.25) is 0 Å². The highest BCUT2D eigenvalue weighted by atomic mass is 16.2. The highest BCUT2D eigenvalue weighted by Crippen LogP contribution is 2.33. The Labute approximate surface area is 177 Å². The SMILES string of the molecule is CCCN1C(=O)C(c2ccc(C)c(C)c2)=C(N2CCN(c3ncccn3)CC2)C1=O. The fourth-order valence-electron chi connectivity index (χ4n) is 4.03. The Morgan fingerprint density at radius 3 is 2.20 bits per heavy atom. The zero-order valence-corrected chi connectivity index (χ0v) is 17.8. The predicted molar refractivity (Wildman–Crippen MR) is 116 cm³/mol. The van der Waals surface area contributed by atoms with Crippen LogP contribution in [0.5, 0.6) is 0 Å². The van der Waals surface area contributed by atoms with E-state index in [1.165, 1.54) is 10.5 Å². The minimum Gasteiger partial charge on any atom is -0.363 e. The summed E-state index contributed by atoms with van der Waals surface area (Å²) in [6.45, 7) is 9.17. The molecule has 0 radical (unpaired) electrons. The number of aromatic nitrogens is 2. The lowest BCUT2D eigenvalue weighted by Gasteiger charge is -2.36. The van der Waals surface area contributed by atoms with Crippen LogP contribution in [0.3, 0.4) is 0 Å². The van der Waals surface area contributed by atoms with E-state index in [1.54, 1.807) is 18.5 Å². The van der Waals surface area contributed by atoms with Gasteiger partial charge < -0.3 is 9.80 Å².